The lowest BCUT2D eigenvalue weighted by Crippen LogP contribution is -2.38. The van der Waals surface area contributed by atoms with E-state index in [1.807, 2.05) is 24.7 Å². The zero-order valence-corrected chi connectivity index (χ0v) is 10.9. The van der Waals surface area contributed by atoms with Crippen LogP contribution in [0.4, 0.5) is 4.79 Å². The average molecular weight is 239 g/mol. The van der Waals surface area contributed by atoms with Crippen LogP contribution in [0.3, 0.4) is 0 Å². The summed E-state index contributed by atoms with van der Waals surface area (Å²) in [7, 11) is 5.38. The summed E-state index contributed by atoms with van der Waals surface area (Å²) >= 11 is 0. The van der Waals surface area contributed by atoms with Crippen LogP contribution in [-0.4, -0.2) is 47.9 Å². The fraction of sp³-hybridized carbons (Fsp3) is 0.636. The van der Waals surface area contributed by atoms with Crippen molar-refractivity contribution in [2.75, 3.05) is 27.2 Å². The lowest BCUT2D eigenvalue weighted by molar-refractivity contribution is 0.217. The van der Waals surface area contributed by atoms with E-state index >= 15 is 0 Å². The molecule has 0 radical (unpaired) electrons. The third-order valence-electron chi connectivity index (χ3n) is 2.39. The molecule has 6 heteroatoms. The lowest BCUT2D eigenvalue weighted by Gasteiger charge is -2.12. The first-order chi connectivity index (χ1) is 8.00. The molecule has 0 spiro atoms. The Kier molecular flexibility index (Phi) is 4.96. The largest absolute Gasteiger partial charge is 0.337 e. The van der Waals surface area contributed by atoms with Gasteiger partial charge in [0, 0.05) is 40.8 Å². The van der Waals surface area contributed by atoms with E-state index in [1.165, 1.54) is 4.90 Å². The Hall–Kier alpha value is -1.56. The highest BCUT2D eigenvalue weighted by Crippen LogP contribution is 2.00. The van der Waals surface area contributed by atoms with Crippen molar-refractivity contribution in [3.8, 4) is 0 Å². The second-order valence-electron chi connectivity index (χ2n) is 4.20. The molecule has 0 saturated carbocycles. The van der Waals surface area contributed by atoms with Crippen LogP contribution in [0.15, 0.2) is 6.07 Å². The molecule has 0 aliphatic carbocycles. The molecule has 0 bridgehead atoms. The van der Waals surface area contributed by atoms with Crippen LogP contribution >= 0.6 is 0 Å². The van der Waals surface area contributed by atoms with Crippen molar-refractivity contribution in [2.24, 2.45) is 7.05 Å². The molecule has 0 saturated heterocycles. The molecular weight excluding hydrogens is 218 g/mol. The Labute approximate surface area is 102 Å². The smallest absolute Gasteiger partial charge is 0.316 e. The molecule has 96 valence electrons. The number of rotatable bonds is 5. The minimum Gasteiger partial charge on any atom is -0.337 e. The first-order valence-electron chi connectivity index (χ1n) is 5.66. The second kappa shape index (κ2) is 6.24. The van der Waals surface area contributed by atoms with E-state index in [0.717, 1.165) is 24.5 Å². The molecule has 0 fully saturated rings. The van der Waals surface area contributed by atoms with E-state index in [9.17, 15) is 4.79 Å². The van der Waals surface area contributed by atoms with Crippen molar-refractivity contribution >= 4 is 6.03 Å². The number of nitrogens with one attached hydrogen (secondary N) is 2. The van der Waals surface area contributed by atoms with Gasteiger partial charge in [0.15, 0.2) is 0 Å². The number of carbonyl (C=O) groups excluding carboxylic acids is 1. The van der Waals surface area contributed by atoms with Gasteiger partial charge in [-0.25, -0.2) is 4.79 Å². The number of aromatic nitrogens is 2. The van der Waals surface area contributed by atoms with E-state index in [0.29, 0.717) is 6.54 Å². The number of nitrogens with zero attached hydrogens (tertiary/aromatic N) is 3. The normalized spacial score (nSPS) is 10.4. The van der Waals surface area contributed by atoms with Crippen LogP contribution in [-0.2, 0) is 13.6 Å². The zero-order valence-electron chi connectivity index (χ0n) is 10.9. The Morgan fingerprint density at radius 1 is 1.47 bits per heavy atom. The molecule has 2 N–H and O–H groups in total. The number of hydrogen-bond donors (Lipinski definition) is 2. The number of amides is 2. The van der Waals surface area contributed by atoms with Crippen molar-refractivity contribution in [2.45, 2.75) is 13.5 Å². The lowest BCUT2D eigenvalue weighted by atomic mass is 10.3. The Balaban J connectivity index is 2.17. The molecule has 17 heavy (non-hydrogen) atoms. The molecule has 1 rings (SSSR count). The zero-order chi connectivity index (χ0) is 12.8. The second-order valence-corrected chi connectivity index (χ2v) is 4.20. The highest BCUT2D eigenvalue weighted by molar-refractivity contribution is 5.73. The number of aryl methyl sites for hydroxylation is 2. The van der Waals surface area contributed by atoms with Crippen LogP contribution in [0.25, 0.3) is 0 Å². The molecule has 6 nitrogen and oxygen atoms in total. The highest BCUT2D eigenvalue weighted by atomic mass is 16.2. The van der Waals surface area contributed by atoms with Gasteiger partial charge in [0.25, 0.3) is 0 Å². The van der Waals surface area contributed by atoms with Gasteiger partial charge < -0.3 is 15.5 Å². The first kappa shape index (κ1) is 13.5. The average Bonchev–Trinajstić information content (AvgIpc) is 2.56. The molecule has 2 amide bonds. The maximum Gasteiger partial charge on any atom is 0.316 e. The fourth-order valence-electron chi connectivity index (χ4n) is 1.46. The van der Waals surface area contributed by atoms with Crippen molar-refractivity contribution in [3.05, 3.63) is 17.5 Å². The summed E-state index contributed by atoms with van der Waals surface area (Å²) in [6.45, 7) is 4.09. The Morgan fingerprint density at radius 3 is 2.71 bits per heavy atom. The molecule has 1 aromatic heterocycles. The monoisotopic (exact) mass is 239 g/mol. The topological polar surface area (TPSA) is 62.2 Å². The summed E-state index contributed by atoms with van der Waals surface area (Å²) in [4.78, 5) is 12.7. The summed E-state index contributed by atoms with van der Waals surface area (Å²) in [5.41, 5.74) is 2.16. The van der Waals surface area contributed by atoms with Crippen LogP contribution in [0.5, 0.6) is 0 Å². The van der Waals surface area contributed by atoms with E-state index in [2.05, 4.69) is 15.7 Å². The molecule has 0 unspecified atom stereocenters. The SMILES string of the molecule is Cc1cc(CNCCNC(=O)N(C)C)n(C)n1. The molecule has 1 heterocycles. The maximum absolute atomic E-state index is 11.2. The van der Waals surface area contributed by atoms with Crippen molar-refractivity contribution in [1.82, 2.24) is 25.3 Å². The van der Waals surface area contributed by atoms with Crippen LogP contribution in [0.2, 0.25) is 0 Å². The fourth-order valence-corrected chi connectivity index (χ4v) is 1.46. The highest BCUT2D eigenvalue weighted by Gasteiger charge is 2.02. The summed E-state index contributed by atoms with van der Waals surface area (Å²) in [5.74, 6) is 0. The van der Waals surface area contributed by atoms with E-state index < -0.39 is 0 Å². The Morgan fingerprint density at radius 2 is 2.18 bits per heavy atom. The van der Waals surface area contributed by atoms with Crippen LogP contribution in [0, 0.1) is 6.92 Å². The molecule has 0 aromatic carbocycles. The van der Waals surface area contributed by atoms with Crippen molar-refractivity contribution in [1.29, 1.82) is 0 Å². The molecular formula is C11H21N5O. The van der Waals surface area contributed by atoms with E-state index in [1.54, 1.807) is 14.1 Å². The molecule has 0 aliphatic rings. The first-order valence-corrected chi connectivity index (χ1v) is 5.66. The minimum absolute atomic E-state index is 0.0665. The van der Waals surface area contributed by atoms with Crippen molar-refractivity contribution < 1.29 is 4.79 Å². The summed E-state index contributed by atoms with van der Waals surface area (Å²) < 4.78 is 1.86. The quantitative estimate of drug-likeness (QED) is 0.716. The molecule has 0 atom stereocenters. The van der Waals surface area contributed by atoms with E-state index in [4.69, 9.17) is 0 Å². The van der Waals surface area contributed by atoms with Crippen LogP contribution < -0.4 is 10.6 Å². The molecule has 1 aromatic rings. The maximum atomic E-state index is 11.2. The predicted molar refractivity (Wildman–Crippen MR) is 66.7 cm³/mol. The summed E-state index contributed by atoms with van der Waals surface area (Å²) in [6, 6.07) is 1.98. The van der Waals surface area contributed by atoms with Gasteiger partial charge in [-0.05, 0) is 13.0 Å². The third kappa shape index (κ3) is 4.44. The minimum atomic E-state index is -0.0665. The van der Waals surface area contributed by atoms with Gasteiger partial charge in [0.1, 0.15) is 0 Å². The molecule has 0 aliphatic heterocycles. The van der Waals surface area contributed by atoms with Gasteiger partial charge in [0.05, 0.1) is 11.4 Å². The van der Waals surface area contributed by atoms with Gasteiger partial charge in [-0.15, -0.1) is 0 Å². The van der Waals surface area contributed by atoms with Gasteiger partial charge in [-0.2, -0.15) is 5.10 Å². The van der Waals surface area contributed by atoms with Crippen molar-refractivity contribution in [3.63, 3.8) is 0 Å². The Bertz CT molecular complexity index is 372. The third-order valence-corrected chi connectivity index (χ3v) is 2.39. The van der Waals surface area contributed by atoms with E-state index in [-0.39, 0.29) is 6.03 Å². The summed E-state index contributed by atoms with van der Waals surface area (Å²) in [6.07, 6.45) is 0. The van der Waals surface area contributed by atoms with Gasteiger partial charge in [-0.3, -0.25) is 4.68 Å². The summed E-state index contributed by atoms with van der Waals surface area (Å²) in [5, 5.41) is 10.3. The predicted octanol–water partition coefficient (Wildman–Crippen LogP) is 0.0893. The van der Waals surface area contributed by atoms with Crippen LogP contribution in [0.1, 0.15) is 11.4 Å². The van der Waals surface area contributed by atoms with Gasteiger partial charge in [0.2, 0.25) is 0 Å². The number of hydrogen-bond acceptors (Lipinski definition) is 3. The standard InChI is InChI=1S/C11H21N5O/c1-9-7-10(16(4)14-9)8-12-5-6-13-11(17)15(2)3/h7,12H,5-6,8H2,1-4H3,(H,13,17). The number of carbonyl (C=O) groups is 1. The van der Waals surface area contributed by atoms with Gasteiger partial charge >= 0.3 is 6.03 Å². The van der Waals surface area contributed by atoms with Gasteiger partial charge in [-0.1, -0.05) is 0 Å². The number of urea groups is 1.